The minimum absolute atomic E-state index is 0.0787. The van der Waals surface area contributed by atoms with Crippen molar-refractivity contribution in [1.82, 2.24) is 34.3 Å². The molecule has 0 unspecified atom stereocenters. The summed E-state index contributed by atoms with van der Waals surface area (Å²) >= 11 is 6.11. The van der Waals surface area contributed by atoms with Crippen molar-refractivity contribution in [3.63, 3.8) is 0 Å². The minimum Gasteiger partial charge on any atom is -0.339 e. The number of rotatable bonds is 22. The van der Waals surface area contributed by atoms with Gasteiger partial charge in [0.1, 0.15) is 0 Å². The van der Waals surface area contributed by atoms with Gasteiger partial charge < -0.3 is 34.3 Å². The summed E-state index contributed by atoms with van der Waals surface area (Å²) < 4.78 is 0. The number of aryl methyl sites for hydroxylation is 1. The molecule has 706 valence electrons. The standard InChI is InChI=1S/C20H23NO.C19H27NO.2C17H25NO.C15H20ClNO.2C14H19NO/c1-21(19-10-6-3-7-11-19)20(22)18-14-12-17(13-15-18)16-8-4-2-5-9-16;21-19(16-10-4-1-5-11-16)20(17-12-6-2-7-13-17)18-14-8-3-9-15-18;1-3-13-18(16-7-5-4-6-8-16)17(19)15-11-9-14(2)10-12-15;1-2-3-14-18(16-12-8-5-9-13-16)17(19)15-10-6-4-7-11-15;1-2-17(12-8-4-3-5-9-12)15(18)13-10-6-7-11-14(13)16;2*1-15(13-10-6-3-7-11-13)14(16)12-8-4-2-5-9-12/h2,4-5,8-9,12-15,19H,3,6-7,10-11H2,1H3;1,4-5,10-11,17-18H,2-3,6-9,12-15H2;9-12,16H,3-8,13H2,1-2H3;4,6-7,10-11,16H,2-3,5,8-9,12-14H2,1H3;6-7,10-12H,2-5,8-9H2,1H3;2*2,4-5,8-9,13H,3,6-7,10-11H2,1H3. The average molecular weight is 1800 g/mol. The van der Waals surface area contributed by atoms with E-state index in [1.807, 2.05) is 254 Å². The van der Waals surface area contributed by atoms with Gasteiger partial charge in [-0.05, 0) is 225 Å². The fourth-order valence-electron chi connectivity index (χ4n) is 20.8. The van der Waals surface area contributed by atoms with Gasteiger partial charge in [-0.3, -0.25) is 33.6 Å². The summed E-state index contributed by atoms with van der Waals surface area (Å²) in [7, 11) is 5.82. The van der Waals surface area contributed by atoms with E-state index in [0.29, 0.717) is 58.9 Å². The zero-order valence-corrected chi connectivity index (χ0v) is 81.6. The third-order valence-electron chi connectivity index (χ3n) is 28.6. The molecule has 8 aromatic carbocycles. The molecule has 14 nitrogen and oxygen atoms in total. The lowest BCUT2D eigenvalue weighted by atomic mass is 9.88. The molecular formula is C116H158ClN7O7. The van der Waals surface area contributed by atoms with Gasteiger partial charge in [-0.25, -0.2) is 0 Å². The molecule has 0 atom stereocenters. The predicted octanol–water partition coefficient (Wildman–Crippen LogP) is 28.3. The highest BCUT2D eigenvalue weighted by atomic mass is 35.5. The Morgan fingerprint density at radius 1 is 0.252 bits per heavy atom. The zero-order chi connectivity index (χ0) is 92.7. The largest absolute Gasteiger partial charge is 0.339 e. The fraction of sp³-hybridized carbons (Fsp3) is 0.526. The lowest BCUT2D eigenvalue weighted by molar-refractivity contribution is 0.0447. The minimum atomic E-state index is 0.0787. The van der Waals surface area contributed by atoms with E-state index < -0.39 is 0 Å². The highest BCUT2D eigenvalue weighted by Gasteiger charge is 2.35. The molecule has 8 fully saturated rings. The van der Waals surface area contributed by atoms with Crippen LogP contribution in [0.5, 0.6) is 0 Å². The molecule has 0 heterocycles. The van der Waals surface area contributed by atoms with Crippen molar-refractivity contribution in [3.8, 4) is 11.1 Å². The third kappa shape index (κ3) is 32.9. The summed E-state index contributed by atoms with van der Waals surface area (Å²) in [6, 6.07) is 75.9. The number of carbonyl (C=O) groups is 7. The van der Waals surface area contributed by atoms with Crippen LogP contribution in [-0.2, 0) is 0 Å². The molecule has 16 rings (SSSR count). The van der Waals surface area contributed by atoms with Crippen LogP contribution in [0.3, 0.4) is 0 Å². The molecule has 131 heavy (non-hydrogen) atoms. The number of carbonyl (C=O) groups excluding carboxylic acids is 7. The van der Waals surface area contributed by atoms with Crippen molar-refractivity contribution in [2.75, 3.05) is 40.8 Å². The molecule has 8 aliphatic rings. The zero-order valence-electron chi connectivity index (χ0n) is 80.9. The van der Waals surface area contributed by atoms with Gasteiger partial charge in [0, 0.05) is 122 Å². The van der Waals surface area contributed by atoms with Crippen LogP contribution in [0.25, 0.3) is 11.1 Å². The molecule has 0 aliphatic heterocycles. The van der Waals surface area contributed by atoms with Crippen molar-refractivity contribution >= 4 is 53.0 Å². The van der Waals surface area contributed by atoms with Crippen molar-refractivity contribution in [1.29, 1.82) is 0 Å². The Bertz CT molecular complexity index is 4480. The Morgan fingerprint density at radius 3 is 0.840 bits per heavy atom. The van der Waals surface area contributed by atoms with Crippen molar-refractivity contribution in [2.45, 2.75) is 352 Å². The summed E-state index contributed by atoms with van der Waals surface area (Å²) in [5, 5.41) is 0.553. The molecule has 15 heteroatoms. The molecule has 8 aliphatic carbocycles. The average Bonchev–Trinajstić information content (AvgIpc) is 0.809. The summed E-state index contributed by atoms with van der Waals surface area (Å²) in [6.45, 7) is 11.0. The van der Waals surface area contributed by atoms with Gasteiger partial charge in [0.25, 0.3) is 41.4 Å². The van der Waals surface area contributed by atoms with E-state index >= 15 is 0 Å². The predicted molar refractivity (Wildman–Crippen MR) is 542 cm³/mol. The topological polar surface area (TPSA) is 142 Å². The smallest absolute Gasteiger partial charge is 0.255 e. The second-order valence-corrected chi connectivity index (χ2v) is 38.4. The van der Waals surface area contributed by atoms with Gasteiger partial charge >= 0.3 is 0 Å². The van der Waals surface area contributed by atoms with Gasteiger partial charge in [0.15, 0.2) is 0 Å². The molecule has 0 bridgehead atoms. The Labute approximate surface area is 793 Å². The van der Waals surface area contributed by atoms with Crippen LogP contribution < -0.4 is 0 Å². The van der Waals surface area contributed by atoms with Gasteiger partial charge in [0.05, 0.1) is 10.6 Å². The summed E-state index contributed by atoms with van der Waals surface area (Å²) in [4.78, 5) is 102. The molecular weight excluding hydrogens is 1640 g/mol. The molecule has 0 saturated heterocycles. The molecule has 0 radical (unpaired) electrons. The Morgan fingerprint density at radius 2 is 0.511 bits per heavy atom. The number of halogens is 1. The highest BCUT2D eigenvalue weighted by Crippen LogP contribution is 2.35. The normalized spacial score (nSPS) is 17.2. The van der Waals surface area contributed by atoms with E-state index in [-0.39, 0.29) is 41.4 Å². The first-order chi connectivity index (χ1) is 64.0. The van der Waals surface area contributed by atoms with Crippen LogP contribution in [0.1, 0.15) is 375 Å². The van der Waals surface area contributed by atoms with E-state index in [1.165, 1.54) is 217 Å². The van der Waals surface area contributed by atoms with E-state index in [0.717, 1.165) is 129 Å². The molecule has 0 N–H and O–H groups in total. The number of hydrogen-bond acceptors (Lipinski definition) is 7. The van der Waals surface area contributed by atoms with Crippen molar-refractivity contribution in [2.24, 2.45) is 0 Å². The number of amides is 7. The van der Waals surface area contributed by atoms with Crippen molar-refractivity contribution in [3.05, 3.63) is 274 Å². The van der Waals surface area contributed by atoms with Crippen LogP contribution in [0, 0.1) is 6.92 Å². The van der Waals surface area contributed by atoms with E-state index in [1.54, 1.807) is 6.07 Å². The second kappa shape index (κ2) is 57.7. The lowest BCUT2D eigenvalue weighted by Crippen LogP contribution is -2.48. The summed E-state index contributed by atoms with van der Waals surface area (Å²) in [5.41, 5.74) is 9.10. The first-order valence-corrected chi connectivity index (χ1v) is 51.6. The van der Waals surface area contributed by atoms with Crippen molar-refractivity contribution < 1.29 is 33.6 Å². The Balaban J connectivity index is 0.000000159. The maximum atomic E-state index is 13.1. The third-order valence-corrected chi connectivity index (χ3v) is 28.9. The molecule has 7 amide bonds. The van der Waals surface area contributed by atoms with Crippen LogP contribution in [-0.4, -0.2) is 165 Å². The molecule has 0 aromatic heterocycles. The summed E-state index contributed by atoms with van der Waals surface area (Å²) in [6.07, 6.45) is 52.9. The first-order valence-electron chi connectivity index (χ1n) is 51.2. The molecule has 0 spiro atoms. The van der Waals surface area contributed by atoms with Crippen LogP contribution >= 0.6 is 11.6 Å². The molecule has 8 saturated carbocycles. The van der Waals surface area contributed by atoms with Crippen LogP contribution in [0.2, 0.25) is 5.02 Å². The first kappa shape index (κ1) is 103. The van der Waals surface area contributed by atoms with E-state index in [4.69, 9.17) is 11.6 Å². The fourth-order valence-corrected chi connectivity index (χ4v) is 21.0. The lowest BCUT2D eigenvalue weighted by Gasteiger charge is -2.41. The van der Waals surface area contributed by atoms with Crippen LogP contribution in [0.4, 0.5) is 0 Å². The second-order valence-electron chi connectivity index (χ2n) is 38.0. The molecule has 8 aromatic rings. The number of benzene rings is 8. The number of unbranched alkanes of at least 4 members (excludes halogenated alkanes) is 1. The number of hydrogen-bond donors (Lipinski definition) is 0. The highest BCUT2D eigenvalue weighted by molar-refractivity contribution is 6.33. The number of nitrogens with zero attached hydrogens (tertiary/aromatic N) is 7. The van der Waals surface area contributed by atoms with E-state index in [2.05, 4.69) is 47.6 Å². The maximum absolute atomic E-state index is 13.1. The van der Waals surface area contributed by atoms with E-state index in [9.17, 15) is 33.6 Å². The van der Waals surface area contributed by atoms with Gasteiger partial charge in [-0.1, -0.05) is 331 Å². The Hall–Kier alpha value is -9.66. The SMILES string of the molecule is CCCCN(C(=O)c1ccccc1)C1CCCCC1.CCCN(C(=O)c1ccc(C)cc1)C1CCCCC1.CCN(C(=O)c1ccccc1Cl)C1CCCCC1.CN(C(=O)c1ccc(-c2ccccc2)cc1)C1CCCCC1.CN(C(=O)c1ccccc1)C1CCCCC1.CN(C(=O)c1ccccc1)C1CCCCC1.O=C(c1ccccc1)N(C1CCCCC1)C1CCCCC1. The van der Waals surface area contributed by atoms with Gasteiger partial charge in [-0.15, -0.1) is 0 Å². The quantitative estimate of drug-likeness (QED) is 0.0657. The summed E-state index contributed by atoms with van der Waals surface area (Å²) in [5.74, 6) is 1.26. The van der Waals surface area contributed by atoms with Gasteiger partial charge in [0.2, 0.25) is 0 Å². The maximum Gasteiger partial charge on any atom is 0.255 e. The monoisotopic (exact) mass is 1800 g/mol. The van der Waals surface area contributed by atoms with Crippen LogP contribution in [0.15, 0.2) is 224 Å². The Kier molecular flexibility index (Phi) is 45.6. The van der Waals surface area contributed by atoms with Gasteiger partial charge in [-0.2, -0.15) is 0 Å².